The number of fused-ring (bicyclic) bond motifs is 2. The number of carbonyl (C=O) groups excluding carboxylic acids is 1. The number of rotatable bonds is 1. The number of nitrogens with one attached hydrogen (secondary N) is 1. The van der Waals surface area contributed by atoms with Crippen molar-refractivity contribution in [2.75, 3.05) is 6.26 Å². The van der Waals surface area contributed by atoms with E-state index in [4.69, 9.17) is 4.99 Å². The van der Waals surface area contributed by atoms with Gasteiger partial charge in [0, 0.05) is 9.69 Å². The van der Waals surface area contributed by atoms with Gasteiger partial charge in [-0.15, -0.1) is 16.4 Å². The molecule has 0 fully saturated rings. The van der Waals surface area contributed by atoms with Crippen molar-refractivity contribution in [3.63, 3.8) is 0 Å². The first-order valence-corrected chi connectivity index (χ1v) is 9.71. The largest absolute Gasteiger partial charge is 0.298 e. The van der Waals surface area contributed by atoms with Gasteiger partial charge in [-0.2, -0.15) is 0 Å². The van der Waals surface area contributed by atoms with E-state index in [1.807, 2.05) is 42.0 Å². The lowest BCUT2D eigenvalue weighted by Gasteiger charge is -2.33. The number of nitrogens with zero attached hydrogens (tertiary/aromatic N) is 3. The Morgan fingerprint density at radius 3 is 3.00 bits per heavy atom. The van der Waals surface area contributed by atoms with E-state index >= 15 is 0 Å². The molecule has 2 aliphatic rings. The summed E-state index contributed by atoms with van der Waals surface area (Å²) in [5.74, 6) is -0.153. The number of hydrogen-bond donors (Lipinski definition) is 1. The molecular weight excluding hydrogens is 396 g/mol. The molecule has 5 nitrogen and oxygen atoms in total. The molecule has 1 N–H and O–H groups in total. The molecule has 0 aliphatic carbocycles. The highest BCUT2D eigenvalue weighted by Crippen LogP contribution is 2.32. The van der Waals surface area contributed by atoms with Crippen molar-refractivity contribution in [3.05, 3.63) is 55.6 Å². The third-order valence-electron chi connectivity index (χ3n) is 3.56. The molecule has 0 spiro atoms. The molecule has 2 aromatic rings. The van der Waals surface area contributed by atoms with Crippen LogP contribution in [-0.4, -0.2) is 22.3 Å². The van der Waals surface area contributed by atoms with Crippen LogP contribution in [-0.2, 0) is 4.79 Å². The fourth-order valence-corrected chi connectivity index (χ4v) is 4.04. The van der Waals surface area contributed by atoms with Gasteiger partial charge < -0.3 is 0 Å². The van der Waals surface area contributed by atoms with Crippen LogP contribution < -0.4 is 15.9 Å². The SMILES string of the molecule is CSC1=NN2C(=c3cc(Br)ccc3=N[C@@H]2c2cccs2)C(=O)N1. The van der Waals surface area contributed by atoms with Gasteiger partial charge in [0.25, 0.3) is 5.91 Å². The Labute approximate surface area is 148 Å². The predicted molar refractivity (Wildman–Crippen MR) is 96.3 cm³/mol. The normalized spacial score (nSPS) is 19.5. The van der Waals surface area contributed by atoms with E-state index < -0.39 is 0 Å². The number of hydrogen-bond acceptors (Lipinski definition) is 6. The first kappa shape index (κ1) is 14.9. The predicted octanol–water partition coefficient (Wildman–Crippen LogP) is 2.02. The minimum atomic E-state index is -0.313. The van der Waals surface area contributed by atoms with E-state index in [1.54, 1.807) is 16.3 Å². The third-order valence-corrected chi connectivity index (χ3v) is 5.54. The Bertz CT molecular complexity index is 939. The van der Waals surface area contributed by atoms with E-state index in [2.05, 4.69) is 26.3 Å². The summed E-state index contributed by atoms with van der Waals surface area (Å²) in [6.45, 7) is 0. The number of thioether (sulfide) groups is 1. The maximum Gasteiger partial charge on any atom is 0.276 e. The zero-order valence-electron chi connectivity index (χ0n) is 12.0. The Balaban J connectivity index is 2.03. The van der Waals surface area contributed by atoms with Crippen molar-refractivity contribution in [3.8, 4) is 0 Å². The van der Waals surface area contributed by atoms with Gasteiger partial charge in [0.05, 0.1) is 10.2 Å². The van der Waals surface area contributed by atoms with Crippen molar-refractivity contribution in [2.24, 2.45) is 10.1 Å². The second-order valence-electron chi connectivity index (χ2n) is 4.94. The van der Waals surface area contributed by atoms with Crippen LogP contribution >= 0.6 is 39.0 Å². The molecule has 1 aromatic carbocycles. The minimum absolute atomic E-state index is 0.153. The number of carbonyl (C=O) groups is 1. The monoisotopic (exact) mass is 406 g/mol. The lowest BCUT2D eigenvalue weighted by molar-refractivity contribution is -0.116. The van der Waals surface area contributed by atoms with Gasteiger partial charge in [-0.05, 0) is 35.9 Å². The van der Waals surface area contributed by atoms with E-state index in [9.17, 15) is 4.79 Å². The highest BCUT2D eigenvalue weighted by Gasteiger charge is 2.34. The van der Waals surface area contributed by atoms with Crippen LogP contribution in [0.2, 0.25) is 0 Å². The summed E-state index contributed by atoms with van der Waals surface area (Å²) < 4.78 is 0.904. The Morgan fingerprint density at radius 1 is 1.39 bits per heavy atom. The van der Waals surface area contributed by atoms with Crippen LogP contribution in [0.1, 0.15) is 11.0 Å². The topological polar surface area (TPSA) is 57.1 Å². The number of amidine groups is 1. The van der Waals surface area contributed by atoms with E-state index in [1.165, 1.54) is 11.8 Å². The molecule has 0 saturated carbocycles. The Morgan fingerprint density at radius 2 is 2.26 bits per heavy atom. The summed E-state index contributed by atoms with van der Waals surface area (Å²) in [7, 11) is 0. The highest BCUT2D eigenvalue weighted by atomic mass is 79.9. The molecule has 3 heterocycles. The molecule has 0 radical (unpaired) electrons. The minimum Gasteiger partial charge on any atom is -0.298 e. The van der Waals surface area contributed by atoms with Crippen molar-refractivity contribution in [2.45, 2.75) is 6.17 Å². The molecule has 1 amide bonds. The first-order chi connectivity index (χ1) is 11.2. The maximum atomic E-state index is 12.6. The summed E-state index contributed by atoms with van der Waals surface area (Å²) >= 11 is 6.47. The second-order valence-corrected chi connectivity index (χ2v) is 7.63. The molecule has 0 bridgehead atoms. The van der Waals surface area contributed by atoms with Crippen LogP contribution in [0.25, 0.3) is 5.70 Å². The van der Waals surface area contributed by atoms with Gasteiger partial charge in [0.1, 0.15) is 5.70 Å². The van der Waals surface area contributed by atoms with Crippen molar-refractivity contribution < 1.29 is 4.79 Å². The summed E-state index contributed by atoms with van der Waals surface area (Å²) in [4.78, 5) is 18.5. The van der Waals surface area contributed by atoms with Crippen LogP contribution in [0.4, 0.5) is 0 Å². The van der Waals surface area contributed by atoms with Gasteiger partial charge in [0.15, 0.2) is 11.3 Å². The average molecular weight is 407 g/mol. The molecule has 1 atom stereocenters. The van der Waals surface area contributed by atoms with Gasteiger partial charge in [0.2, 0.25) is 0 Å². The number of benzene rings is 1. The number of halogens is 1. The zero-order chi connectivity index (χ0) is 16.0. The van der Waals surface area contributed by atoms with Gasteiger partial charge in [-0.1, -0.05) is 33.8 Å². The van der Waals surface area contributed by atoms with Crippen LogP contribution in [0.3, 0.4) is 0 Å². The number of hydrazone groups is 1. The highest BCUT2D eigenvalue weighted by molar-refractivity contribution is 9.10. The van der Waals surface area contributed by atoms with E-state index in [0.29, 0.717) is 10.9 Å². The molecule has 23 heavy (non-hydrogen) atoms. The fraction of sp³-hybridized carbons (Fsp3) is 0.133. The number of thiophene rings is 1. The fourth-order valence-electron chi connectivity index (χ4n) is 2.57. The number of amides is 1. The van der Waals surface area contributed by atoms with Crippen molar-refractivity contribution >= 4 is 55.8 Å². The molecule has 116 valence electrons. The van der Waals surface area contributed by atoms with E-state index in [0.717, 1.165) is 19.9 Å². The van der Waals surface area contributed by atoms with Crippen LogP contribution in [0.15, 0.2) is 50.3 Å². The molecule has 8 heteroatoms. The maximum absolute atomic E-state index is 12.6. The first-order valence-electron chi connectivity index (χ1n) is 6.81. The van der Waals surface area contributed by atoms with Gasteiger partial charge in [-0.3, -0.25) is 15.1 Å². The Kier molecular flexibility index (Phi) is 3.74. The zero-order valence-corrected chi connectivity index (χ0v) is 15.2. The van der Waals surface area contributed by atoms with Crippen LogP contribution in [0.5, 0.6) is 0 Å². The molecule has 1 aromatic heterocycles. The van der Waals surface area contributed by atoms with E-state index in [-0.39, 0.29) is 12.1 Å². The lowest BCUT2D eigenvalue weighted by atomic mass is 10.1. The summed E-state index contributed by atoms with van der Waals surface area (Å²) in [5.41, 5.74) is 0.535. The van der Waals surface area contributed by atoms with Crippen molar-refractivity contribution in [1.29, 1.82) is 0 Å². The molecular formula is C15H11BrN4OS2. The van der Waals surface area contributed by atoms with Gasteiger partial charge in [-0.25, -0.2) is 5.01 Å². The van der Waals surface area contributed by atoms with Gasteiger partial charge >= 0.3 is 0 Å². The second kappa shape index (κ2) is 5.77. The molecule has 0 saturated heterocycles. The average Bonchev–Trinajstić information content (AvgIpc) is 3.07. The smallest absolute Gasteiger partial charge is 0.276 e. The molecule has 2 aliphatic heterocycles. The standard InChI is InChI=1S/C15H11BrN4OS2/c1-22-15-18-14(21)12-9-7-8(16)4-5-10(9)17-13(20(12)19-15)11-3-2-6-23-11/h2-7,13H,1H3,(H,18,19,21)/t13-/m0/s1. The summed E-state index contributed by atoms with van der Waals surface area (Å²) in [5, 5.41) is 13.3. The molecule has 0 unspecified atom stereocenters. The molecule has 4 rings (SSSR count). The summed E-state index contributed by atoms with van der Waals surface area (Å²) in [6, 6.07) is 9.76. The summed E-state index contributed by atoms with van der Waals surface area (Å²) in [6.07, 6.45) is 1.57. The Hall–Kier alpha value is -1.64. The third kappa shape index (κ3) is 2.50. The quantitative estimate of drug-likeness (QED) is 0.787. The van der Waals surface area contributed by atoms with Crippen LogP contribution in [0, 0.1) is 0 Å². The van der Waals surface area contributed by atoms with Crippen molar-refractivity contribution in [1.82, 2.24) is 10.3 Å². The lowest BCUT2D eigenvalue weighted by Crippen LogP contribution is -2.50.